The van der Waals surface area contributed by atoms with Crippen LogP contribution >= 0.6 is 0 Å². The lowest BCUT2D eigenvalue weighted by atomic mass is 9.89. The van der Waals surface area contributed by atoms with Crippen LogP contribution < -0.4 is 14.8 Å². The standard InChI is InChI=1S/C29H31F3N4O5S/c1-6-41-23-10-7-9-22-21(23)16-36(15-20-18(3)13-17(2)14-19(20)4)28(22,5)26(37)35-42(39,40)25-12-8-11-24(33-25)34-27(38)29(30,31)32/h7-14H,6,15-16H2,1-5H3,(H,35,37)(H,33,34,38). The number of hydrogen-bond donors (Lipinski definition) is 2. The van der Waals surface area contributed by atoms with Crippen LogP contribution in [-0.4, -0.2) is 42.9 Å². The molecule has 0 saturated carbocycles. The highest BCUT2D eigenvalue weighted by atomic mass is 32.2. The lowest BCUT2D eigenvalue weighted by molar-refractivity contribution is -0.167. The molecule has 0 spiro atoms. The lowest BCUT2D eigenvalue weighted by Gasteiger charge is -2.35. The number of carbonyl (C=O) groups is 2. The molecule has 1 unspecified atom stereocenters. The largest absolute Gasteiger partial charge is 0.494 e. The second-order valence-corrected chi connectivity index (χ2v) is 11.9. The maximum absolute atomic E-state index is 14.0. The monoisotopic (exact) mass is 604 g/mol. The third kappa shape index (κ3) is 5.97. The van der Waals surface area contributed by atoms with Crippen LogP contribution in [0.5, 0.6) is 5.75 Å². The Kier molecular flexibility index (Phi) is 8.38. The van der Waals surface area contributed by atoms with Gasteiger partial charge in [0.05, 0.1) is 6.61 Å². The van der Waals surface area contributed by atoms with Gasteiger partial charge in [-0.3, -0.25) is 14.5 Å². The molecule has 3 aromatic rings. The molecule has 4 rings (SSSR count). The van der Waals surface area contributed by atoms with E-state index >= 15 is 0 Å². The number of aryl methyl sites for hydroxylation is 3. The van der Waals surface area contributed by atoms with Crippen LogP contribution in [0.15, 0.2) is 53.6 Å². The quantitative estimate of drug-likeness (QED) is 0.385. The maximum atomic E-state index is 14.0. The Morgan fingerprint density at radius 2 is 1.71 bits per heavy atom. The number of amides is 2. The van der Waals surface area contributed by atoms with Gasteiger partial charge in [0.2, 0.25) is 0 Å². The maximum Gasteiger partial charge on any atom is 0.471 e. The van der Waals surface area contributed by atoms with E-state index in [1.54, 1.807) is 25.1 Å². The number of anilines is 1. The van der Waals surface area contributed by atoms with Crippen molar-refractivity contribution in [3.8, 4) is 5.75 Å². The van der Waals surface area contributed by atoms with E-state index in [0.717, 1.165) is 46.0 Å². The first kappa shape index (κ1) is 31.0. The number of ether oxygens (including phenoxy) is 1. The van der Waals surface area contributed by atoms with Gasteiger partial charge >= 0.3 is 12.1 Å². The zero-order chi connectivity index (χ0) is 31.0. The number of halogens is 3. The molecule has 2 amide bonds. The Labute approximate surface area is 242 Å². The first-order valence-electron chi connectivity index (χ1n) is 13.1. The average Bonchev–Trinajstić information content (AvgIpc) is 3.19. The molecule has 9 nitrogen and oxygen atoms in total. The van der Waals surface area contributed by atoms with E-state index in [9.17, 15) is 31.2 Å². The predicted molar refractivity (Wildman–Crippen MR) is 149 cm³/mol. The SMILES string of the molecule is CCOc1cccc2c1CN(Cc1c(C)cc(C)cc1C)C2(C)C(=O)NS(=O)(=O)c1cccc(NC(=O)C(F)(F)F)n1. The Morgan fingerprint density at radius 3 is 2.33 bits per heavy atom. The van der Waals surface area contributed by atoms with Crippen LogP contribution in [0.1, 0.15) is 47.2 Å². The summed E-state index contributed by atoms with van der Waals surface area (Å²) in [6.45, 7) is 10.4. The number of benzene rings is 2. The van der Waals surface area contributed by atoms with Crippen molar-refractivity contribution in [1.29, 1.82) is 0 Å². The van der Waals surface area contributed by atoms with E-state index in [1.165, 1.54) is 5.32 Å². The normalized spacial score (nSPS) is 17.0. The molecule has 1 atom stereocenters. The van der Waals surface area contributed by atoms with Crippen molar-refractivity contribution in [2.24, 2.45) is 0 Å². The number of nitrogens with one attached hydrogen (secondary N) is 2. The van der Waals surface area contributed by atoms with Crippen molar-refractivity contribution in [2.75, 3.05) is 11.9 Å². The summed E-state index contributed by atoms with van der Waals surface area (Å²) in [6, 6.07) is 12.4. The van der Waals surface area contributed by atoms with E-state index < -0.39 is 44.4 Å². The number of fused-ring (bicyclic) bond motifs is 1. The number of sulfonamides is 1. The van der Waals surface area contributed by atoms with E-state index in [0.29, 0.717) is 31.0 Å². The van der Waals surface area contributed by atoms with Crippen molar-refractivity contribution in [3.63, 3.8) is 0 Å². The second kappa shape index (κ2) is 11.4. The van der Waals surface area contributed by atoms with Crippen molar-refractivity contribution in [1.82, 2.24) is 14.6 Å². The fourth-order valence-corrected chi connectivity index (χ4v) is 6.24. The van der Waals surface area contributed by atoms with Crippen molar-refractivity contribution in [3.05, 3.63) is 81.9 Å². The predicted octanol–water partition coefficient (Wildman–Crippen LogP) is 4.64. The molecular weight excluding hydrogens is 573 g/mol. The van der Waals surface area contributed by atoms with Crippen LogP contribution in [0.25, 0.3) is 0 Å². The molecule has 1 aliphatic rings. The summed E-state index contributed by atoms with van der Waals surface area (Å²) < 4.78 is 72.5. The summed E-state index contributed by atoms with van der Waals surface area (Å²) in [6.07, 6.45) is -5.20. The minimum Gasteiger partial charge on any atom is -0.494 e. The van der Waals surface area contributed by atoms with Gasteiger partial charge < -0.3 is 10.1 Å². The smallest absolute Gasteiger partial charge is 0.471 e. The molecule has 0 fully saturated rings. The topological polar surface area (TPSA) is 118 Å². The van der Waals surface area contributed by atoms with Crippen molar-refractivity contribution >= 4 is 27.7 Å². The van der Waals surface area contributed by atoms with Gasteiger partial charge in [0, 0.05) is 18.7 Å². The summed E-state index contributed by atoms with van der Waals surface area (Å²) >= 11 is 0. The summed E-state index contributed by atoms with van der Waals surface area (Å²) in [7, 11) is -4.67. The Balaban J connectivity index is 1.72. The molecule has 1 aliphatic heterocycles. The minimum atomic E-state index is -5.20. The van der Waals surface area contributed by atoms with Gasteiger partial charge in [0.25, 0.3) is 15.9 Å². The average molecular weight is 605 g/mol. The van der Waals surface area contributed by atoms with Crippen molar-refractivity contribution < 1.29 is 35.9 Å². The van der Waals surface area contributed by atoms with E-state index in [1.807, 2.05) is 44.7 Å². The molecular formula is C29H31F3N4O5S. The zero-order valence-corrected chi connectivity index (χ0v) is 24.5. The number of nitrogens with zero attached hydrogens (tertiary/aromatic N) is 2. The lowest BCUT2D eigenvalue weighted by Crippen LogP contribution is -2.52. The first-order valence-corrected chi connectivity index (χ1v) is 14.6. The third-order valence-corrected chi connectivity index (χ3v) is 8.53. The second-order valence-electron chi connectivity index (χ2n) is 10.3. The molecule has 2 aromatic carbocycles. The van der Waals surface area contributed by atoms with Crippen LogP contribution in [0, 0.1) is 20.8 Å². The number of hydrogen-bond acceptors (Lipinski definition) is 7. The Hall–Kier alpha value is -3.97. The number of pyridine rings is 1. The van der Waals surface area contributed by atoms with Crippen LogP contribution in [0.2, 0.25) is 0 Å². The Morgan fingerprint density at radius 1 is 1.07 bits per heavy atom. The molecule has 2 heterocycles. The van der Waals surface area contributed by atoms with Gasteiger partial charge in [-0.2, -0.15) is 21.6 Å². The van der Waals surface area contributed by atoms with Gasteiger partial charge in [0.15, 0.2) is 5.03 Å². The first-order chi connectivity index (χ1) is 19.6. The van der Waals surface area contributed by atoms with Gasteiger partial charge in [-0.1, -0.05) is 35.9 Å². The third-order valence-electron chi connectivity index (χ3n) is 7.30. The summed E-state index contributed by atoms with van der Waals surface area (Å²) in [5.41, 5.74) is 3.93. The summed E-state index contributed by atoms with van der Waals surface area (Å²) in [4.78, 5) is 30.8. The molecule has 224 valence electrons. The molecule has 13 heteroatoms. The van der Waals surface area contributed by atoms with Gasteiger partial charge in [-0.25, -0.2) is 9.71 Å². The number of carbonyl (C=O) groups excluding carboxylic acids is 2. The van der Waals surface area contributed by atoms with E-state index in [4.69, 9.17) is 4.74 Å². The van der Waals surface area contributed by atoms with Gasteiger partial charge in [-0.15, -0.1) is 0 Å². The highest BCUT2D eigenvalue weighted by molar-refractivity contribution is 7.90. The van der Waals surface area contributed by atoms with Crippen molar-refractivity contribution in [2.45, 2.75) is 64.4 Å². The Bertz CT molecular complexity index is 1640. The minimum absolute atomic E-state index is 0.291. The highest BCUT2D eigenvalue weighted by Crippen LogP contribution is 2.44. The van der Waals surface area contributed by atoms with E-state index in [2.05, 4.69) is 9.71 Å². The summed E-state index contributed by atoms with van der Waals surface area (Å²) in [5.74, 6) is -3.26. The van der Waals surface area contributed by atoms with E-state index in [-0.39, 0.29) is 0 Å². The van der Waals surface area contributed by atoms with Crippen LogP contribution in [0.3, 0.4) is 0 Å². The molecule has 1 aromatic heterocycles. The number of rotatable bonds is 8. The van der Waals surface area contributed by atoms with Crippen LogP contribution in [0.4, 0.5) is 19.0 Å². The van der Waals surface area contributed by atoms with Crippen LogP contribution in [-0.2, 0) is 38.2 Å². The zero-order valence-electron chi connectivity index (χ0n) is 23.7. The highest BCUT2D eigenvalue weighted by Gasteiger charge is 2.49. The van der Waals surface area contributed by atoms with Gasteiger partial charge in [-0.05, 0) is 75.1 Å². The molecule has 2 N–H and O–H groups in total. The molecule has 0 bridgehead atoms. The fraction of sp³-hybridized carbons (Fsp3) is 0.345. The van der Waals surface area contributed by atoms with Gasteiger partial charge in [0.1, 0.15) is 17.1 Å². The number of aromatic nitrogens is 1. The molecule has 0 radical (unpaired) electrons. The molecule has 0 aliphatic carbocycles. The fourth-order valence-electron chi connectivity index (χ4n) is 5.22. The molecule has 42 heavy (non-hydrogen) atoms. The summed E-state index contributed by atoms with van der Waals surface area (Å²) in [5, 5.41) is 0.778. The molecule has 0 saturated heterocycles. The number of alkyl halides is 3.